The number of halogens is 2. The molecule has 2 heterocycles. The molecule has 0 bridgehead atoms. The molecule has 2 aromatic rings. The second-order valence-electron chi connectivity index (χ2n) is 5.00. The van der Waals surface area contributed by atoms with Crippen molar-refractivity contribution in [2.45, 2.75) is 6.04 Å². The van der Waals surface area contributed by atoms with Crippen LogP contribution in [0.2, 0.25) is 0 Å². The highest BCUT2D eigenvalue weighted by molar-refractivity contribution is 9.10. The Morgan fingerprint density at radius 2 is 2.27 bits per heavy atom. The van der Waals surface area contributed by atoms with Crippen molar-refractivity contribution in [3.8, 4) is 17.2 Å². The van der Waals surface area contributed by atoms with Gasteiger partial charge in [-0.05, 0) is 25.2 Å². The van der Waals surface area contributed by atoms with Gasteiger partial charge < -0.3 is 14.6 Å². The summed E-state index contributed by atoms with van der Waals surface area (Å²) in [5, 5.41) is 7.48. The predicted molar refractivity (Wildman–Crippen MR) is 89.5 cm³/mol. The molecule has 1 aromatic heterocycles. The van der Waals surface area contributed by atoms with E-state index in [0.717, 1.165) is 29.7 Å². The standard InChI is InChI=1S/C14H17BrN4O2.ClH/c1-19-6-5-16-8-11(19)13-17-14(21-18-13)10-4-3-9(15)7-12(10)20-2;/h3-4,7,11,16H,5-6,8H2,1-2H3;1H. The molecule has 1 aliphatic heterocycles. The molecule has 120 valence electrons. The van der Waals surface area contributed by atoms with E-state index in [9.17, 15) is 0 Å². The normalized spacial score (nSPS) is 18.8. The number of benzene rings is 1. The van der Waals surface area contributed by atoms with Gasteiger partial charge in [-0.3, -0.25) is 4.90 Å². The number of methoxy groups -OCH3 is 1. The van der Waals surface area contributed by atoms with Gasteiger partial charge in [0.2, 0.25) is 0 Å². The largest absolute Gasteiger partial charge is 0.496 e. The molecule has 22 heavy (non-hydrogen) atoms. The maximum atomic E-state index is 5.42. The molecule has 1 atom stereocenters. The van der Waals surface area contributed by atoms with Gasteiger partial charge >= 0.3 is 0 Å². The molecule has 1 N–H and O–H groups in total. The van der Waals surface area contributed by atoms with Crippen molar-refractivity contribution < 1.29 is 9.26 Å². The first kappa shape index (κ1) is 17.2. The van der Waals surface area contributed by atoms with Crippen LogP contribution in [-0.2, 0) is 0 Å². The van der Waals surface area contributed by atoms with Crippen LogP contribution < -0.4 is 10.1 Å². The molecule has 1 aliphatic rings. The van der Waals surface area contributed by atoms with Crippen LogP contribution in [0.15, 0.2) is 27.2 Å². The Kier molecular flexibility index (Phi) is 5.80. The van der Waals surface area contributed by atoms with Crippen LogP contribution in [-0.4, -0.2) is 48.8 Å². The van der Waals surface area contributed by atoms with E-state index in [2.05, 4.69) is 43.3 Å². The van der Waals surface area contributed by atoms with Gasteiger partial charge in [-0.1, -0.05) is 21.1 Å². The summed E-state index contributed by atoms with van der Waals surface area (Å²) >= 11 is 3.42. The number of piperazine rings is 1. The fraction of sp³-hybridized carbons (Fsp3) is 0.429. The van der Waals surface area contributed by atoms with Gasteiger partial charge in [0.25, 0.3) is 5.89 Å². The average Bonchev–Trinajstić information content (AvgIpc) is 2.97. The van der Waals surface area contributed by atoms with E-state index in [4.69, 9.17) is 9.26 Å². The van der Waals surface area contributed by atoms with Gasteiger partial charge in [0.05, 0.1) is 18.7 Å². The smallest absolute Gasteiger partial charge is 0.261 e. The summed E-state index contributed by atoms with van der Waals surface area (Å²) in [4.78, 5) is 6.76. The van der Waals surface area contributed by atoms with Crippen molar-refractivity contribution >= 4 is 28.3 Å². The predicted octanol–water partition coefficient (Wildman–Crippen LogP) is 2.51. The maximum Gasteiger partial charge on any atom is 0.261 e. The molecular weight excluding hydrogens is 372 g/mol. The van der Waals surface area contributed by atoms with Crippen molar-refractivity contribution in [2.75, 3.05) is 33.8 Å². The van der Waals surface area contributed by atoms with E-state index in [0.29, 0.717) is 17.5 Å². The van der Waals surface area contributed by atoms with Crippen LogP contribution in [0.5, 0.6) is 5.75 Å². The zero-order valence-electron chi connectivity index (χ0n) is 12.4. The van der Waals surface area contributed by atoms with Crippen molar-refractivity contribution in [2.24, 2.45) is 0 Å². The molecule has 1 saturated heterocycles. The highest BCUT2D eigenvalue weighted by Crippen LogP contribution is 2.32. The van der Waals surface area contributed by atoms with E-state index in [1.54, 1.807) is 7.11 Å². The monoisotopic (exact) mass is 388 g/mol. The van der Waals surface area contributed by atoms with Gasteiger partial charge in [-0.25, -0.2) is 0 Å². The van der Waals surface area contributed by atoms with E-state index in [1.165, 1.54) is 0 Å². The lowest BCUT2D eigenvalue weighted by molar-refractivity contribution is 0.190. The fourth-order valence-corrected chi connectivity index (χ4v) is 2.76. The molecule has 1 aromatic carbocycles. The molecular formula is C14H18BrClN4O2. The number of nitrogens with zero attached hydrogens (tertiary/aromatic N) is 3. The molecule has 1 fully saturated rings. The van der Waals surface area contributed by atoms with Gasteiger partial charge in [0.1, 0.15) is 5.75 Å². The lowest BCUT2D eigenvalue weighted by Gasteiger charge is -2.30. The number of hydrogen-bond donors (Lipinski definition) is 1. The van der Waals surface area contributed by atoms with Crippen molar-refractivity contribution in [1.82, 2.24) is 20.4 Å². The highest BCUT2D eigenvalue weighted by atomic mass is 79.9. The Bertz CT molecular complexity index is 637. The summed E-state index contributed by atoms with van der Waals surface area (Å²) in [7, 11) is 3.70. The van der Waals surface area contributed by atoms with E-state index in [1.807, 2.05) is 18.2 Å². The summed E-state index contributed by atoms with van der Waals surface area (Å²) in [5.41, 5.74) is 0.797. The van der Waals surface area contributed by atoms with Crippen molar-refractivity contribution in [3.05, 3.63) is 28.5 Å². The summed E-state index contributed by atoms with van der Waals surface area (Å²) in [6.45, 7) is 2.78. The van der Waals surface area contributed by atoms with Crippen molar-refractivity contribution in [3.63, 3.8) is 0 Å². The topological polar surface area (TPSA) is 63.4 Å². The second kappa shape index (κ2) is 7.41. The van der Waals surface area contributed by atoms with Crippen LogP contribution in [0.4, 0.5) is 0 Å². The number of ether oxygens (including phenoxy) is 1. The molecule has 0 radical (unpaired) electrons. The number of hydrogen-bond acceptors (Lipinski definition) is 6. The zero-order valence-corrected chi connectivity index (χ0v) is 14.8. The van der Waals surface area contributed by atoms with Crippen molar-refractivity contribution in [1.29, 1.82) is 0 Å². The summed E-state index contributed by atoms with van der Waals surface area (Å²) in [5.74, 6) is 1.88. The maximum absolute atomic E-state index is 5.42. The Hall–Kier alpha value is -1.15. The van der Waals surface area contributed by atoms with Crippen LogP contribution in [0.1, 0.15) is 11.9 Å². The summed E-state index contributed by atoms with van der Waals surface area (Å²) in [6.07, 6.45) is 0. The molecule has 3 rings (SSSR count). The van der Waals surface area contributed by atoms with Crippen LogP contribution in [0.25, 0.3) is 11.5 Å². The molecule has 8 heteroatoms. The summed E-state index contributed by atoms with van der Waals surface area (Å²) < 4.78 is 11.7. The minimum atomic E-state index is 0. The average molecular weight is 390 g/mol. The van der Waals surface area contributed by atoms with E-state index >= 15 is 0 Å². The first-order chi connectivity index (χ1) is 10.2. The molecule has 0 saturated carbocycles. The highest BCUT2D eigenvalue weighted by Gasteiger charge is 2.26. The first-order valence-electron chi connectivity index (χ1n) is 6.77. The quantitative estimate of drug-likeness (QED) is 0.870. The Balaban J connectivity index is 0.00000176. The van der Waals surface area contributed by atoms with E-state index < -0.39 is 0 Å². The van der Waals surface area contributed by atoms with Crippen LogP contribution in [0, 0.1) is 0 Å². The van der Waals surface area contributed by atoms with Crippen LogP contribution in [0.3, 0.4) is 0 Å². The summed E-state index contributed by atoms with van der Waals surface area (Å²) in [6, 6.07) is 5.85. The lowest BCUT2D eigenvalue weighted by Crippen LogP contribution is -2.44. The van der Waals surface area contributed by atoms with Gasteiger partial charge in [0, 0.05) is 24.1 Å². The Morgan fingerprint density at radius 1 is 1.45 bits per heavy atom. The number of likely N-dealkylation sites (N-methyl/N-ethyl adjacent to an activating group) is 1. The molecule has 6 nitrogen and oxygen atoms in total. The first-order valence-corrected chi connectivity index (χ1v) is 7.57. The third-order valence-electron chi connectivity index (χ3n) is 3.64. The zero-order chi connectivity index (χ0) is 14.8. The van der Waals surface area contributed by atoms with Gasteiger partial charge in [0.15, 0.2) is 5.82 Å². The van der Waals surface area contributed by atoms with Gasteiger partial charge in [-0.15, -0.1) is 12.4 Å². The fourth-order valence-electron chi connectivity index (χ4n) is 2.42. The van der Waals surface area contributed by atoms with Gasteiger partial charge in [-0.2, -0.15) is 4.98 Å². The minimum absolute atomic E-state index is 0. The second-order valence-corrected chi connectivity index (χ2v) is 5.92. The SMILES string of the molecule is COc1cc(Br)ccc1-c1nc(C2CNCCN2C)no1.Cl. The third-order valence-corrected chi connectivity index (χ3v) is 4.14. The Morgan fingerprint density at radius 3 is 3.00 bits per heavy atom. The molecule has 1 unspecified atom stereocenters. The van der Waals surface area contributed by atoms with Crippen LogP contribution >= 0.6 is 28.3 Å². The molecule has 0 spiro atoms. The lowest BCUT2D eigenvalue weighted by atomic mass is 10.2. The number of aromatic nitrogens is 2. The number of rotatable bonds is 3. The molecule has 0 aliphatic carbocycles. The van der Waals surface area contributed by atoms with E-state index in [-0.39, 0.29) is 18.4 Å². The molecule has 0 amide bonds. The minimum Gasteiger partial charge on any atom is -0.496 e. The third kappa shape index (κ3) is 3.43. The Labute approximate surface area is 143 Å². The number of nitrogens with one attached hydrogen (secondary N) is 1.